The smallest absolute Gasteiger partial charge is 0.306 e. The fraction of sp³-hybridized carbons (Fsp3) is 0.939. The Morgan fingerprint density at radius 2 is 0.744 bits per heavy atom. The first-order valence-corrected chi connectivity index (χ1v) is 16.6. The molecule has 0 saturated heterocycles. The van der Waals surface area contributed by atoms with Crippen LogP contribution in [-0.4, -0.2) is 88.5 Å². The molecular weight excluding hydrogens is 488 g/mol. The van der Waals surface area contributed by atoms with Gasteiger partial charge in [0.1, 0.15) is 26.3 Å². The van der Waals surface area contributed by atoms with Gasteiger partial charge in [-0.25, -0.2) is 0 Å². The maximum absolute atomic E-state index is 12.1. The topological polar surface area (TPSA) is 52.6 Å². The van der Waals surface area contributed by atoms with Crippen LogP contribution in [0.2, 0.25) is 0 Å². The van der Waals surface area contributed by atoms with Crippen molar-refractivity contribution in [1.29, 1.82) is 0 Å². The Hall–Kier alpha value is -1.14. The van der Waals surface area contributed by atoms with Gasteiger partial charge >= 0.3 is 11.9 Å². The molecule has 232 valence electrons. The number of esters is 2. The first kappa shape index (κ1) is 37.9. The van der Waals surface area contributed by atoms with Crippen LogP contribution in [0.5, 0.6) is 0 Å². The molecule has 39 heavy (non-hydrogen) atoms. The number of rotatable bonds is 28. The normalized spacial score (nSPS) is 12.1. The van der Waals surface area contributed by atoms with Crippen LogP contribution >= 0.6 is 0 Å². The molecule has 0 saturated carbocycles. The molecule has 6 nitrogen and oxygen atoms in total. The number of carbonyl (C=O) groups is 2. The van der Waals surface area contributed by atoms with E-state index in [1.165, 1.54) is 103 Å². The van der Waals surface area contributed by atoms with Crippen LogP contribution in [0.3, 0.4) is 0 Å². The van der Waals surface area contributed by atoms with Gasteiger partial charge in [0, 0.05) is 12.8 Å². The lowest BCUT2D eigenvalue weighted by molar-refractivity contribution is -0.890. The average molecular weight is 557 g/mol. The summed E-state index contributed by atoms with van der Waals surface area (Å²) in [5, 5.41) is 0. The lowest BCUT2D eigenvalue weighted by Crippen LogP contribution is -2.43. The van der Waals surface area contributed by atoms with Crippen LogP contribution < -0.4 is 0 Å². The molecule has 6 heteroatoms. The van der Waals surface area contributed by atoms with Gasteiger partial charge in [-0.3, -0.25) is 9.59 Å². The van der Waals surface area contributed by atoms with Gasteiger partial charge in [-0.1, -0.05) is 90.9 Å². The van der Waals surface area contributed by atoms with Crippen LogP contribution in [0.1, 0.15) is 136 Å². The minimum absolute atomic E-state index is 0.210. The van der Waals surface area contributed by atoms with E-state index < -0.39 is 0 Å². The predicted molar refractivity (Wildman–Crippen MR) is 165 cm³/mol. The van der Waals surface area contributed by atoms with Gasteiger partial charge in [0.05, 0.1) is 41.3 Å². The molecule has 0 bridgehead atoms. The zero-order chi connectivity index (χ0) is 29.2. The van der Waals surface area contributed by atoms with E-state index in [4.69, 9.17) is 9.47 Å². The number of hydrogen-bond donors (Lipinski definition) is 0. The van der Waals surface area contributed by atoms with Gasteiger partial charge in [-0.05, 0) is 32.1 Å². The summed E-state index contributed by atoms with van der Waals surface area (Å²) in [5.41, 5.74) is 0. The van der Waals surface area contributed by atoms with Gasteiger partial charge < -0.3 is 18.4 Å². The summed E-state index contributed by atoms with van der Waals surface area (Å²) in [6.45, 7) is 9.30. The van der Waals surface area contributed by atoms with E-state index in [2.05, 4.69) is 42.0 Å². The maximum Gasteiger partial charge on any atom is 0.306 e. The number of unbranched alkanes of at least 4 members (excludes halogenated alkanes) is 14. The summed E-state index contributed by atoms with van der Waals surface area (Å²) in [6.07, 6.45) is 22.3. The van der Waals surface area contributed by atoms with Crippen LogP contribution in [-0.2, 0) is 19.1 Å². The van der Waals surface area contributed by atoms with Crippen molar-refractivity contribution in [3.63, 3.8) is 0 Å². The zero-order valence-corrected chi connectivity index (χ0v) is 27.2. The molecule has 0 fully saturated rings. The summed E-state index contributed by atoms with van der Waals surface area (Å²) >= 11 is 0. The van der Waals surface area contributed by atoms with Crippen molar-refractivity contribution in [1.82, 2.24) is 0 Å². The molecule has 0 aromatic heterocycles. The summed E-state index contributed by atoms with van der Waals surface area (Å²) in [4.78, 5) is 24.2. The predicted octanol–water partition coefficient (Wildman–Crippen LogP) is 7.68. The SMILES string of the molecule is CCCCCCCCCC[N+](C)(C)CCOC(=O)CCCC(=O)OCC[N+](C)(C)CCCCCCCCCC. The fourth-order valence-corrected chi connectivity index (χ4v) is 4.91. The van der Waals surface area contributed by atoms with Crippen molar-refractivity contribution < 1.29 is 28.0 Å². The Kier molecular flexibility index (Phi) is 23.9. The zero-order valence-electron chi connectivity index (χ0n) is 27.2. The second kappa shape index (κ2) is 24.6. The van der Waals surface area contributed by atoms with E-state index in [1.807, 2.05) is 0 Å². The fourth-order valence-electron chi connectivity index (χ4n) is 4.91. The number of carbonyl (C=O) groups excluding carboxylic acids is 2. The molecule has 0 rings (SSSR count). The van der Waals surface area contributed by atoms with Crippen LogP contribution in [0.25, 0.3) is 0 Å². The second-order valence-electron chi connectivity index (χ2n) is 13.0. The van der Waals surface area contributed by atoms with Gasteiger partial charge in [0.15, 0.2) is 0 Å². The average Bonchev–Trinajstić information content (AvgIpc) is 2.87. The van der Waals surface area contributed by atoms with Gasteiger partial charge in [-0.15, -0.1) is 0 Å². The third kappa shape index (κ3) is 26.8. The summed E-state index contributed by atoms with van der Waals surface area (Å²) < 4.78 is 12.6. The molecule has 0 aromatic carbocycles. The molecule has 0 amide bonds. The van der Waals surface area contributed by atoms with Crippen molar-refractivity contribution in [2.45, 2.75) is 136 Å². The molecule has 0 radical (unpaired) electrons. The van der Waals surface area contributed by atoms with Gasteiger partial charge in [0.2, 0.25) is 0 Å². The van der Waals surface area contributed by atoms with Crippen LogP contribution in [0.4, 0.5) is 0 Å². The second-order valence-corrected chi connectivity index (χ2v) is 13.0. The summed E-state index contributed by atoms with van der Waals surface area (Å²) in [7, 11) is 8.84. The van der Waals surface area contributed by atoms with E-state index in [1.54, 1.807) is 0 Å². The van der Waals surface area contributed by atoms with E-state index in [0.717, 1.165) is 35.1 Å². The molecular formula is C33H68N2O4+2. The van der Waals surface area contributed by atoms with Crippen molar-refractivity contribution >= 4 is 11.9 Å². The third-order valence-electron chi connectivity index (χ3n) is 7.92. The molecule has 0 spiro atoms. The summed E-state index contributed by atoms with van der Waals surface area (Å²) in [5.74, 6) is -0.420. The highest BCUT2D eigenvalue weighted by molar-refractivity contribution is 5.72. The summed E-state index contributed by atoms with van der Waals surface area (Å²) in [6, 6.07) is 0. The van der Waals surface area contributed by atoms with Crippen molar-refractivity contribution in [2.75, 3.05) is 67.6 Å². The third-order valence-corrected chi connectivity index (χ3v) is 7.92. The Labute approximate surface area is 243 Å². The number of likely N-dealkylation sites (N-methyl/N-ethyl adjacent to an activating group) is 2. The Morgan fingerprint density at radius 3 is 1.08 bits per heavy atom. The lowest BCUT2D eigenvalue weighted by Gasteiger charge is -2.29. The number of quaternary nitrogens is 2. The number of nitrogens with zero attached hydrogens (tertiary/aromatic N) is 2. The lowest BCUT2D eigenvalue weighted by atomic mass is 10.1. The largest absolute Gasteiger partial charge is 0.460 e. The first-order valence-electron chi connectivity index (χ1n) is 16.6. The monoisotopic (exact) mass is 557 g/mol. The molecule has 0 heterocycles. The highest BCUT2D eigenvalue weighted by atomic mass is 16.5. The van der Waals surface area contributed by atoms with E-state index in [9.17, 15) is 9.59 Å². The molecule has 0 atom stereocenters. The minimum atomic E-state index is -0.210. The quantitative estimate of drug-likeness (QED) is 0.0563. The maximum atomic E-state index is 12.1. The molecule has 0 unspecified atom stereocenters. The van der Waals surface area contributed by atoms with Crippen molar-refractivity contribution in [3.8, 4) is 0 Å². The van der Waals surface area contributed by atoms with E-state index in [0.29, 0.717) is 19.6 Å². The molecule has 0 aliphatic rings. The Balaban J connectivity index is 3.74. The number of ether oxygens (including phenoxy) is 2. The van der Waals surface area contributed by atoms with E-state index >= 15 is 0 Å². The van der Waals surface area contributed by atoms with Crippen molar-refractivity contribution in [3.05, 3.63) is 0 Å². The van der Waals surface area contributed by atoms with E-state index in [-0.39, 0.29) is 24.8 Å². The Bertz CT molecular complexity index is 542. The molecule has 0 aliphatic heterocycles. The van der Waals surface area contributed by atoms with Gasteiger partial charge in [0.25, 0.3) is 0 Å². The van der Waals surface area contributed by atoms with Crippen LogP contribution in [0, 0.1) is 0 Å². The highest BCUT2D eigenvalue weighted by Crippen LogP contribution is 2.12. The Morgan fingerprint density at radius 1 is 0.436 bits per heavy atom. The first-order chi connectivity index (χ1) is 18.6. The standard InChI is InChI=1S/C33H68N2O4/c1-7-9-11-13-15-17-19-21-26-34(3,4)28-30-38-32(36)24-23-25-33(37)39-31-29-35(5,6)27-22-20-18-16-14-12-10-8-2/h7-31H2,1-6H3/q+2. The molecule has 0 N–H and O–H groups in total. The highest BCUT2D eigenvalue weighted by Gasteiger charge is 2.17. The van der Waals surface area contributed by atoms with Crippen molar-refractivity contribution in [2.24, 2.45) is 0 Å². The molecule has 0 aliphatic carbocycles. The number of hydrogen-bond acceptors (Lipinski definition) is 4. The molecule has 0 aromatic rings. The minimum Gasteiger partial charge on any atom is -0.460 e. The van der Waals surface area contributed by atoms with Gasteiger partial charge in [-0.2, -0.15) is 0 Å². The van der Waals surface area contributed by atoms with Crippen LogP contribution in [0.15, 0.2) is 0 Å².